The summed E-state index contributed by atoms with van der Waals surface area (Å²) in [4.78, 5) is 13.7. The lowest BCUT2D eigenvalue weighted by Gasteiger charge is -2.49. The van der Waals surface area contributed by atoms with E-state index >= 15 is 0 Å². The third-order valence-electron chi connectivity index (χ3n) is 4.92. The van der Waals surface area contributed by atoms with E-state index in [1.807, 2.05) is 28.0 Å². The summed E-state index contributed by atoms with van der Waals surface area (Å²) in [6.45, 7) is 1.66. The Labute approximate surface area is 156 Å². The van der Waals surface area contributed by atoms with Crippen LogP contribution in [0.15, 0.2) is 31.0 Å². The quantitative estimate of drug-likeness (QED) is 0.666. The van der Waals surface area contributed by atoms with Gasteiger partial charge in [-0.25, -0.2) is 18.4 Å². The van der Waals surface area contributed by atoms with Crippen LogP contribution in [0.2, 0.25) is 0 Å². The molecule has 0 aromatic carbocycles. The number of nitrogens with zero attached hydrogens (tertiary/aromatic N) is 6. The first-order chi connectivity index (χ1) is 12.9. The van der Waals surface area contributed by atoms with Crippen molar-refractivity contribution in [3.63, 3.8) is 0 Å². The molecule has 10 heteroatoms. The van der Waals surface area contributed by atoms with Gasteiger partial charge in [-0.2, -0.15) is 10.4 Å². The van der Waals surface area contributed by atoms with Gasteiger partial charge in [0.05, 0.1) is 30.1 Å². The van der Waals surface area contributed by atoms with Gasteiger partial charge in [0.25, 0.3) is 0 Å². The predicted octanol–water partition coefficient (Wildman–Crippen LogP) is 0.791. The van der Waals surface area contributed by atoms with Crippen LogP contribution < -0.4 is 0 Å². The van der Waals surface area contributed by atoms with Crippen molar-refractivity contribution in [2.45, 2.75) is 12.0 Å². The smallest absolute Gasteiger partial charge is 0.148 e. The molecular formula is C17H19N7O2S. The number of hydrogen-bond donors (Lipinski definition) is 1. The Bertz CT molecular complexity index is 1120. The van der Waals surface area contributed by atoms with Crippen LogP contribution in [0.25, 0.3) is 22.3 Å². The van der Waals surface area contributed by atoms with Crippen molar-refractivity contribution in [3.8, 4) is 17.3 Å². The number of rotatable bonds is 6. The second-order valence-corrected chi connectivity index (χ2v) is 9.30. The van der Waals surface area contributed by atoms with Crippen LogP contribution in [0.5, 0.6) is 0 Å². The molecule has 1 fully saturated rings. The van der Waals surface area contributed by atoms with Gasteiger partial charge in [0.1, 0.15) is 27.4 Å². The summed E-state index contributed by atoms with van der Waals surface area (Å²) in [6, 6.07) is 4.16. The molecule has 0 atom stereocenters. The molecule has 0 amide bonds. The monoisotopic (exact) mass is 385 g/mol. The lowest BCUT2D eigenvalue weighted by Crippen LogP contribution is -2.63. The standard InChI is InChI=1S/C17H19N7O2S/c1-27(25,26)7-6-23-10-17(11-23,3-4-18)24-9-13(8-22-24)15-14-2-5-19-16(14)21-12-20-15/h2,5,8-9,12H,3,6-7,10-11H2,1H3,(H,19,20,21). The van der Waals surface area contributed by atoms with Crippen LogP contribution in [-0.4, -0.2) is 69.7 Å². The molecule has 4 heterocycles. The fraction of sp³-hybridized carbons (Fsp3) is 0.412. The van der Waals surface area contributed by atoms with E-state index in [2.05, 4.69) is 26.1 Å². The zero-order chi connectivity index (χ0) is 19.1. The predicted molar refractivity (Wildman–Crippen MR) is 99.5 cm³/mol. The van der Waals surface area contributed by atoms with Gasteiger partial charge in [0.2, 0.25) is 0 Å². The highest BCUT2D eigenvalue weighted by Crippen LogP contribution is 2.34. The van der Waals surface area contributed by atoms with Crippen LogP contribution in [0, 0.1) is 11.3 Å². The molecule has 27 heavy (non-hydrogen) atoms. The summed E-state index contributed by atoms with van der Waals surface area (Å²) in [5.41, 5.74) is 1.96. The van der Waals surface area contributed by atoms with Gasteiger partial charge < -0.3 is 4.98 Å². The third-order valence-corrected chi connectivity index (χ3v) is 5.84. The number of nitriles is 1. The summed E-state index contributed by atoms with van der Waals surface area (Å²) < 4.78 is 24.6. The molecule has 9 nitrogen and oxygen atoms in total. The minimum atomic E-state index is -3.00. The maximum atomic E-state index is 11.4. The first kappa shape index (κ1) is 17.6. The number of likely N-dealkylation sites (tertiary alicyclic amines) is 1. The highest BCUT2D eigenvalue weighted by atomic mass is 32.2. The molecule has 1 aliphatic heterocycles. The molecular weight excluding hydrogens is 366 g/mol. The third kappa shape index (κ3) is 3.31. The number of aromatic nitrogens is 5. The Hall–Kier alpha value is -2.77. The molecule has 3 aromatic heterocycles. The van der Waals surface area contributed by atoms with Gasteiger partial charge in [0.15, 0.2) is 0 Å². The summed E-state index contributed by atoms with van der Waals surface area (Å²) in [5, 5.41) is 14.7. The minimum absolute atomic E-state index is 0.117. The van der Waals surface area contributed by atoms with Gasteiger partial charge in [0, 0.05) is 49.2 Å². The van der Waals surface area contributed by atoms with E-state index in [0.29, 0.717) is 26.1 Å². The van der Waals surface area contributed by atoms with Crippen molar-refractivity contribution in [1.82, 2.24) is 29.6 Å². The van der Waals surface area contributed by atoms with Crippen LogP contribution in [0.4, 0.5) is 0 Å². The number of H-pyrrole nitrogens is 1. The molecule has 1 N–H and O–H groups in total. The maximum absolute atomic E-state index is 11.4. The largest absolute Gasteiger partial charge is 0.346 e. The van der Waals surface area contributed by atoms with Crippen molar-refractivity contribution >= 4 is 20.9 Å². The number of sulfone groups is 1. The zero-order valence-corrected chi connectivity index (χ0v) is 15.6. The average Bonchev–Trinajstić information content (AvgIpc) is 3.24. The SMILES string of the molecule is CS(=O)(=O)CCN1CC(CC#N)(n2cc(-c3ncnc4[nH]ccc34)cn2)C1. The maximum Gasteiger partial charge on any atom is 0.148 e. The molecule has 0 aliphatic carbocycles. The molecule has 1 saturated heterocycles. The molecule has 1 aliphatic rings. The zero-order valence-electron chi connectivity index (χ0n) is 14.8. The fourth-order valence-corrected chi connectivity index (χ4v) is 4.12. The van der Waals surface area contributed by atoms with E-state index in [1.54, 1.807) is 6.20 Å². The molecule has 0 unspecified atom stereocenters. The summed E-state index contributed by atoms with van der Waals surface area (Å²) >= 11 is 0. The van der Waals surface area contributed by atoms with Crippen molar-refractivity contribution in [1.29, 1.82) is 5.26 Å². The molecule has 0 saturated carbocycles. The van der Waals surface area contributed by atoms with Crippen molar-refractivity contribution in [3.05, 3.63) is 31.0 Å². The number of fused-ring (bicyclic) bond motifs is 1. The molecule has 0 bridgehead atoms. The summed E-state index contributed by atoms with van der Waals surface area (Å²) in [7, 11) is -3.00. The molecule has 140 valence electrons. The number of hydrogen-bond acceptors (Lipinski definition) is 7. The van der Waals surface area contributed by atoms with Gasteiger partial charge in [-0.15, -0.1) is 0 Å². The number of aromatic amines is 1. The normalized spacial score (nSPS) is 16.9. The van der Waals surface area contributed by atoms with Crippen LogP contribution >= 0.6 is 0 Å². The van der Waals surface area contributed by atoms with Gasteiger partial charge in [-0.3, -0.25) is 9.58 Å². The van der Waals surface area contributed by atoms with Gasteiger partial charge in [-0.1, -0.05) is 0 Å². The average molecular weight is 385 g/mol. The van der Waals surface area contributed by atoms with Crippen LogP contribution in [0.1, 0.15) is 6.42 Å². The molecule has 3 aromatic rings. The highest BCUT2D eigenvalue weighted by Gasteiger charge is 2.45. The Kier molecular flexibility index (Phi) is 4.20. The topological polar surface area (TPSA) is 121 Å². The summed E-state index contributed by atoms with van der Waals surface area (Å²) in [5.74, 6) is 0.117. The van der Waals surface area contributed by atoms with Crippen molar-refractivity contribution in [2.24, 2.45) is 0 Å². The highest BCUT2D eigenvalue weighted by molar-refractivity contribution is 7.90. The second kappa shape index (κ2) is 6.44. The minimum Gasteiger partial charge on any atom is -0.346 e. The molecule has 0 spiro atoms. The Balaban J connectivity index is 1.58. The Morgan fingerprint density at radius 3 is 2.93 bits per heavy atom. The van der Waals surface area contributed by atoms with E-state index in [0.717, 1.165) is 22.3 Å². The van der Waals surface area contributed by atoms with E-state index in [4.69, 9.17) is 0 Å². The van der Waals surface area contributed by atoms with Crippen LogP contribution in [0.3, 0.4) is 0 Å². The first-order valence-corrected chi connectivity index (χ1v) is 10.6. The van der Waals surface area contributed by atoms with E-state index in [9.17, 15) is 13.7 Å². The fourth-order valence-electron chi connectivity index (χ4n) is 3.53. The van der Waals surface area contributed by atoms with Gasteiger partial charge >= 0.3 is 0 Å². The van der Waals surface area contributed by atoms with E-state index < -0.39 is 15.4 Å². The lowest BCUT2D eigenvalue weighted by atomic mass is 9.87. The molecule has 0 radical (unpaired) electrons. The summed E-state index contributed by atoms with van der Waals surface area (Å²) in [6.07, 6.45) is 8.52. The first-order valence-electron chi connectivity index (χ1n) is 8.51. The van der Waals surface area contributed by atoms with Crippen LogP contribution in [-0.2, 0) is 15.4 Å². The van der Waals surface area contributed by atoms with E-state index in [1.165, 1.54) is 12.6 Å². The van der Waals surface area contributed by atoms with E-state index in [-0.39, 0.29) is 5.75 Å². The van der Waals surface area contributed by atoms with Gasteiger partial charge in [-0.05, 0) is 6.07 Å². The Morgan fingerprint density at radius 1 is 1.37 bits per heavy atom. The second-order valence-electron chi connectivity index (χ2n) is 7.04. The number of nitrogens with one attached hydrogen (secondary N) is 1. The van der Waals surface area contributed by atoms with Crippen molar-refractivity contribution in [2.75, 3.05) is 31.6 Å². The lowest BCUT2D eigenvalue weighted by molar-refractivity contribution is 0.0101. The Morgan fingerprint density at radius 2 is 2.19 bits per heavy atom. The molecule has 4 rings (SSSR count). The van der Waals surface area contributed by atoms with Crippen molar-refractivity contribution < 1.29 is 8.42 Å².